The zero-order valence-electron chi connectivity index (χ0n) is 21.6. The Kier molecular flexibility index (Phi) is 8.10. The number of fused-ring (bicyclic) bond motifs is 1. The molecule has 0 saturated heterocycles. The maximum atomic E-state index is 13.7. The minimum atomic E-state index is -0.317. The molecule has 36 heavy (non-hydrogen) atoms. The van der Waals surface area contributed by atoms with Gasteiger partial charge in [0.25, 0.3) is 0 Å². The number of rotatable bonds is 8. The molecule has 0 bridgehead atoms. The van der Waals surface area contributed by atoms with E-state index in [4.69, 9.17) is 4.74 Å². The lowest BCUT2D eigenvalue weighted by atomic mass is 9.95. The Morgan fingerprint density at radius 3 is 2.44 bits per heavy atom. The van der Waals surface area contributed by atoms with Gasteiger partial charge < -0.3 is 24.4 Å². The summed E-state index contributed by atoms with van der Waals surface area (Å²) in [5.74, 6) is 0.351. The van der Waals surface area contributed by atoms with Crippen LogP contribution in [0.15, 0.2) is 66.9 Å². The molecule has 190 valence electrons. The summed E-state index contributed by atoms with van der Waals surface area (Å²) in [6.07, 6.45) is 2.06. The van der Waals surface area contributed by atoms with E-state index in [1.165, 1.54) is 10.5 Å². The lowest BCUT2D eigenvalue weighted by Crippen LogP contribution is -2.49. The second-order valence-corrected chi connectivity index (χ2v) is 9.65. The van der Waals surface area contributed by atoms with Crippen molar-refractivity contribution in [1.82, 2.24) is 14.4 Å². The number of ether oxygens (including phenoxy) is 1. The second-order valence-electron chi connectivity index (χ2n) is 9.65. The van der Waals surface area contributed by atoms with Crippen LogP contribution in [0.2, 0.25) is 0 Å². The third-order valence-electron chi connectivity index (χ3n) is 6.76. The normalized spacial score (nSPS) is 15.0. The number of nitrogens with zero attached hydrogens (tertiary/aromatic N) is 3. The van der Waals surface area contributed by atoms with Gasteiger partial charge in [-0.05, 0) is 48.2 Å². The number of benzene rings is 2. The zero-order valence-corrected chi connectivity index (χ0v) is 21.6. The molecule has 0 spiro atoms. The Labute approximate surface area is 213 Å². The minimum Gasteiger partial charge on any atom is -0.383 e. The number of aryl methyl sites for hydroxylation is 1. The molecule has 1 atom stereocenters. The van der Waals surface area contributed by atoms with Gasteiger partial charge in [-0.15, -0.1) is 0 Å². The molecular formula is C29H36N4O3. The average molecular weight is 489 g/mol. The van der Waals surface area contributed by atoms with Crippen LogP contribution in [-0.4, -0.2) is 59.7 Å². The third kappa shape index (κ3) is 5.79. The van der Waals surface area contributed by atoms with E-state index in [0.717, 1.165) is 23.4 Å². The summed E-state index contributed by atoms with van der Waals surface area (Å²) < 4.78 is 7.43. The minimum absolute atomic E-state index is 0.0255. The SMILES string of the molecule is COCCN(CC(=O)N1CCn2cccc2C1c1ccc(C(C)C)cc1)C(=O)Nc1ccc(C)cc1. The highest BCUT2D eigenvalue weighted by atomic mass is 16.5. The molecule has 3 amide bonds. The van der Waals surface area contributed by atoms with Crippen molar-refractivity contribution in [3.63, 3.8) is 0 Å². The van der Waals surface area contributed by atoms with Gasteiger partial charge in [0.2, 0.25) is 5.91 Å². The maximum absolute atomic E-state index is 13.7. The Morgan fingerprint density at radius 1 is 1.06 bits per heavy atom. The Bertz CT molecular complexity index is 1170. The highest BCUT2D eigenvalue weighted by molar-refractivity contribution is 5.92. The van der Waals surface area contributed by atoms with Crippen LogP contribution in [0.5, 0.6) is 0 Å². The number of amides is 3. The van der Waals surface area contributed by atoms with Crippen molar-refractivity contribution in [1.29, 1.82) is 0 Å². The number of aromatic nitrogens is 1. The first-order chi connectivity index (χ1) is 17.4. The van der Waals surface area contributed by atoms with Gasteiger partial charge in [0.15, 0.2) is 0 Å². The number of anilines is 1. The van der Waals surface area contributed by atoms with Crippen molar-refractivity contribution >= 4 is 17.6 Å². The summed E-state index contributed by atoms with van der Waals surface area (Å²) in [4.78, 5) is 30.3. The van der Waals surface area contributed by atoms with Crippen molar-refractivity contribution < 1.29 is 14.3 Å². The van der Waals surface area contributed by atoms with Gasteiger partial charge in [-0.1, -0.05) is 55.8 Å². The predicted molar refractivity (Wildman–Crippen MR) is 142 cm³/mol. The van der Waals surface area contributed by atoms with E-state index in [2.05, 4.69) is 60.3 Å². The molecule has 0 saturated carbocycles. The summed E-state index contributed by atoms with van der Waals surface area (Å²) >= 11 is 0. The number of hydrogen-bond donors (Lipinski definition) is 1. The van der Waals surface area contributed by atoms with E-state index in [0.29, 0.717) is 31.3 Å². The van der Waals surface area contributed by atoms with Gasteiger partial charge >= 0.3 is 6.03 Å². The van der Waals surface area contributed by atoms with Gasteiger partial charge in [0.05, 0.1) is 12.6 Å². The molecule has 1 N–H and O–H groups in total. The zero-order chi connectivity index (χ0) is 25.7. The van der Waals surface area contributed by atoms with E-state index in [1.54, 1.807) is 7.11 Å². The van der Waals surface area contributed by atoms with Crippen LogP contribution in [-0.2, 0) is 16.1 Å². The van der Waals surface area contributed by atoms with Gasteiger partial charge in [0, 0.05) is 44.3 Å². The van der Waals surface area contributed by atoms with Gasteiger partial charge in [0.1, 0.15) is 6.54 Å². The third-order valence-corrected chi connectivity index (χ3v) is 6.76. The smallest absolute Gasteiger partial charge is 0.322 e. The summed E-state index contributed by atoms with van der Waals surface area (Å²) in [6, 6.07) is 19.7. The van der Waals surface area contributed by atoms with Gasteiger partial charge in [-0.2, -0.15) is 0 Å². The Morgan fingerprint density at radius 2 is 1.78 bits per heavy atom. The number of carbonyl (C=O) groups excluding carboxylic acids is 2. The molecule has 1 aromatic heterocycles. The summed E-state index contributed by atoms with van der Waals surface area (Å²) in [5, 5.41) is 2.91. The average Bonchev–Trinajstić information content (AvgIpc) is 3.36. The van der Waals surface area contributed by atoms with E-state index in [9.17, 15) is 9.59 Å². The summed E-state index contributed by atoms with van der Waals surface area (Å²) in [6.45, 7) is 8.28. The van der Waals surface area contributed by atoms with Crippen LogP contribution >= 0.6 is 0 Å². The molecule has 4 rings (SSSR count). The number of nitrogens with one attached hydrogen (secondary N) is 1. The monoisotopic (exact) mass is 488 g/mol. The second kappa shape index (κ2) is 11.4. The molecule has 1 aliphatic rings. The lowest BCUT2D eigenvalue weighted by Gasteiger charge is -2.38. The molecule has 7 nitrogen and oxygen atoms in total. The fourth-order valence-electron chi connectivity index (χ4n) is 4.61. The Balaban J connectivity index is 1.56. The van der Waals surface area contributed by atoms with Crippen LogP contribution < -0.4 is 5.32 Å². The van der Waals surface area contributed by atoms with Gasteiger partial charge in [-0.25, -0.2) is 4.79 Å². The molecule has 1 unspecified atom stereocenters. The first-order valence-electron chi connectivity index (χ1n) is 12.5. The standard InChI is InChI=1S/C29H36N4O3/c1-21(2)23-9-11-24(12-10-23)28-26-6-5-15-31(26)16-17-33(28)27(34)20-32(18-19-36-4)29(35)30-25-13-7-22(3)8-14-25/h5-15,21,28H,16-20H2,1-4H3,(H,30,35). The molecule has 2 aromatic carbocycles. The lowest BCUT2D eigenvalue weighted by molar-refractivity contribution is -0.134. The quantitative estimate of drug-likeness (QED) is 0.484. The fraction of sp³-hybridized carbons (Fsp3) is 0.379. The van der Waals surface area contributed by atoms with Crippen molar-refractivity contribution in [2.75, 3.05) is 38.7 Å². The van der Waals surface area contributed by atoms with E-state index in [-0.39, 0.29) is 24.5 Å². The number of methoxy groups -OCH3 is 1. The van der Waals surface area contributed by atoms with Crippen molar-refractivity contribution in [2.24, 2.45) is 0 Å². The number of urea groups is 1. The molecule has 0 radical (unpaired) electrons. The van der Waals surface area contributed by atoms with E-state index in [1.807, 2.05) is 42.2 Å². The van der Waals surface area contributed by atoms with Crippen LogP contribution in [0, 0.1) is 6.92 Å². The Hall–Kier alpha value is -3.58. The van der Waals surface area contributed by atoms with Crippen molar-refractivity contribution in [2.45, 2.75) is 39.3 Å². The van der Waals surface area contributed by atoms with Crippen LogP contribution in [0.4, 0.5) is 10.5 Å². The largest absolute Gasteiger partial charge is 0.383 e. The fourth-order valence-corrected chi connectivity index (χ4v) is 4.61. The molecule has 7 heteroatoms. The molecule has 2 heterocycles. The predicted octanol–water partition coefficient (Wildman–Crippen LogP) is 5.03. The van der Waals surface area contributed by atoms with E-state index < -0.39 is 0 Å². The topological polar surface area (TPSA) is 66.8 Å². The first-order valence-corrected chi connectivity index (χ1v) is 12.5. The maximum Gasteiger partial charge on any atom is 0.322 e. The molecule has 0 aliphatic carbocycles. The number of carbonyl (C=O) groups is 2. The van der Waals surface area contributed by atoms with Gasteiger partial charge in [-0.3, -0.25) is 4.79 Å². The van der Waals surface area contributed by atoms with Crippen LogP contribution in [0.1, 0.15) is 48.2 Å². The van der Waals surface area contributed by atoms with Crippen molar-refractivity contribution in [3.8, 4) is 0 Å². The molecule has 1 aliphatic heterocycles. The molecule has 3 aromatic rings. The molecule has 0 fully saturated rings. The highest BCUT2D eigenvalue weighted by Crippen LogP contribution is 2.33. The summed E-state index contributed by atoms with van der Waals surface area (Å²) in [5.41, 5.74) is 5.22. The summed E-state index contributed by atoms with van der Waals surface area (Å²) in [7, 11) is 1.59. The van der Waals surface area contributed by atoms with Crippen molar-refractivity contribution in [3.05, 3.63) is 89.2 Å². The van der Waals surface area contributed by atoms with E-state index >= 15 is 0 Å². The highest BCUT2D eigenvalue weighted by Gasteiger charge is 2.33. The van der Waals surface area contributed by atoms with Crippen LogP contribution in [0.3, 0.4) is 0 Å². The number of hydrogen-bond acceptors (Lipinski definition) is 3. The first kappa shape index (κ1) is 25.5. The van der Waals surface area contributed by atoms with Crippen LogP contribution in [0.25, 0.3) is 0 Å². The molecular weight excluding hydrogens is 452 g/mol.